The summed E-state index contributed by atoms with van der Waals surface area (Å²) in [6, 6.07) is 5.11. The highest BCUT2D eigenvalue weighted by Gasteiger charge is 2.31. The fourth-order valence-corrected chi connectivity index (χ4v) is 4.06. The highest BCUT2D eigenvalue weighted by atomic mass is 32.1. The summed E-state index contributed by atoms with van der Waals surface area (Å²) in [4.78, 5) is 1.50. The van der Waals surface area contributed by atoms with Crippen LogP contribution in [0.2, 0.25) is 0 Å². The first-order chi connectivity index (χ1) is 8.05. The van der Waals surface area contributed by atoms with Gasteiger partial charge in [0.25, 0.3) is 0 Å². The molecule has 17 heavy (non-hydrogen) atoms. The second-order valence-electron chi connectivity index (χ2n) is 6.39. The molecule has 1 aliphatic rings. The van der Waals surface area contributed by atoms with E-state index >= 15 is 0 Å². The van der Waals surface area contributed by atoms with E-state index in [1.807, 2.05) is 11.3 Å². The quantitative estimate of drug-likeness (QED) is 0.849. The highest BCUT2D eigenvalue weighted by molar-refractivity contribution is 7.09. The Kier molecular flexibility index (Phi) is 4.26. The average molecular weight is 251 g/mol. The molecule has 0 saturated heterocycles. The number of thiophene rings is 1. The van der Waals surface area contributed by atoms with Gasteiger partial charge in [-0.05, 0) is 48.5 Å². The van der Waals surface area contributed by atoms with E-state index in [9.17, 15) is 0 Å². The molecule has 1 N–H and O–H groups in total. The van der Waals surface area contributed by atoms with Crippen LogP contribution in [-0.2, 0) is 6.42 Å². The van der Waals surface area contributed by atoms with Crippen molar-refractivity contribution in [2.75, 3.05) is 6.54 Å². The average Bonchev–Trinajstić information content (AvgIpc) is 2.67. The van der Waals surface area contributed by atoms with Gasteiger partial charge in [0.2, 0.25) is 0 Å². The Morgan fingerprint density at radius 2 is 2.24 bits per heavy atom. The molecule has 1 heterocycles. The minimum Gasteiger partial charge on any atom is -0.314 e. The van der Waals surface area contributed by atoms with Gasteiger partial charge in [0.1, 0.15) is 0 Å². The van der Waals surface area contributed by atoms with Gasteiger partial charge >= 0.3 is 0 Å². The van der Waals surface area contributed by atoms with Crippen LogP contribution >= 0.6 is 11.3 Å². The van der Waals surface area contributed by atoms with Crippen molar-refractivity contribution in [1.29, 1.82) is 0 Å². The zero-order chi connectivity index (χ0) is 12.3. The molecule has 1 saturated carbocycles. The van der Waals surface area contributed by atoms with Crippen LogP contribution in [0.4, 0.5) is 0 Å². The first-order valence-electron chi connectivity index (χ1n) is 6.81. The number of hydrogen-bond donors (Lipinski definition) is 1. The number of nitrogens with one attached hydrogen (secondary N) is 1. The van der Waals surface area contributed by atoms with Crippen LogP contribution in [0.5, 0.6) is 0 Å². The maximum Gasteiger partial charge on any atom is 0.00748 e. The summed E-state index contributed by atoms with van der Waals surface area (Å²) in [5, 5.41) is 5.92. The Balaban J connectivity index is 1.75. The van der Waals surface area contributed by atoms with Gasteiger partial charge in [-0.2, -0.15) is 0 Å². The second-order valence-corrected chi connectivity index (χ2v) is 7.43. The van der Waals surface area contributed by atoms with Crippen molar-refractivity contribution in [2.45, 2.75) is 52.5 Å². The Morgan fingerprint density at radius 1 is 1.41 bits per heavy atom. The third-order valence-electron chi connectivity index (χ3n) is 3.77. The predicted octanol–water partition coefficient (Wildman–Crippen LogP) is 4.10. The Morgan fingerprint density at radius 3 is 2.88 bits per heavy atom. The van der Waals surface area contributed by atoms with Crippen LogP contribution in [0.3, 0.4) is 0 Å². The lowest BCUT2D eigenvalue weighted by Gasteiger charge is -2.39. The van der Waals surface area contributed by atoms with Crippen molar-refractivity contribution in [1.82, 2.24) is 5.32 Å². The lowest BCUT2D eigenvalue weighted by molar-refractivity contribution is 0.152. The minimum atomic E-state index is 0.526. The third kappa shape index (κ3) is 4.11. The molecule has 2 rings (SSSR count). The Hall–Kier alpha value is -0.340. The van der Waals surface area contributed by atoms with Crippen molar-refractivity contribution >= 4 is 11.3 Å². The molecule has 1 aliphatic carbocycles. The molecule has 1 aromatic rings. The van der Waals surface area contributed by atoms with Gasteiger partial charge < -0.3 is 5.32 Å². The second kappa shape index (κ2) is 5.53. The SMILES string of the molecule is CC1CC(NCCc2cccs2)CC(C)(C)C1. The van der Waals surface area contributed by atoms with Crippen molar-refractivity contribution in [3.8, 4) is 0 Å². The standard InChI is InChI=1S/C15H25NS/c1-12-9-13(11-15(2,3)10-12)16-7-6-14-5-4-8-17-14/h4-5,8,12-13,16H,6-7,9-11H2,1-3H3. The first-order valence-corrected chi connectivity index (χ1v) is 7.69. The maximum atomic E-state index is 3.75. The minimum absolute atomic E-state index is 0.526. The Labute approximate surface area is 110 Å². The number of rotatable bonds is 4. The van der Waals surface area contributed by atoms with Gasteiger partial charge in [0.15, 0.2) is 0 Å². The van der Waals surface area contributed by atoms with E-state index < -0.39 is 0 Å². The van der Waals surface area contributed by atoms with Crippen LogP contribution in [0.25, 0.3) is 0 Å². The summed E-state index contributed by atoms with van der Waals surface area (Å²) in [5.74, 6) is 0.873. The van der Waals surface area contributed by atoms with Crippen molar-refractivity contribution in [2.24, 2.45) is 11.3 Å². The molecular formula is C15H25NS. The fraction of sp³-hybridized carbons (Fsp3) is 0.733. The summed E-state index contributed by atoms with van der Waals surface area (Å²) < 4.78 is 0. The van der Waals surface area contributed by atoms with E-state index in [0.717, 1.165) is 18.5 Å². The van der Waals surface area contributed by atoms with Gasteiger partial charge in [-0.3, -0.25) is 0 Å². The van der Waals surface area contributed by atoms with Crippen LogP contribution < -0.4 is 5.32 Å². The van der Waals surface area contributed by atoms with E-state index in [1.54, 1.807) is 0 Å². The molecule has 0 aromatic carbocycles. The van der Waals surface area contributed by atoms with Crippen LogP contribution in [0.15, 0.2) is 17.5 Å². The zero-order valence-electron chi connectivity index (χ0n) is 11.3. The molecule has 2 atom stereocenters. The lowest BCUT2D eigenvalue weighted by Crippen LogP contribution is -2.40. The molecule has 2 unspecified atom stereocenters. The third-order valence-corrected chi connectivity index (χ3v) is 4.71. The normalized spacial score (nSPS) is 28.2. The van der Waals surface area contributed by atoms with Crippen molar-refractivity contribution < 1.29 is 0 Å². The summed E-state index contributed by atoms with van der Waals surface area (Å²) in [6.07, 6.45) is 5.26. The van der Waals surface area contributed by atoms with Gasteiger partial charge in [0.05, 0.1) is 0 Å². The monoisotopic (exact) mass is 251 g/mol. The zero-order valence-corrected chi connectivity index (χ0v) is 12.1. The Bertz CT molecular complexity index is 329. The molecule has 1 nitrogen and oxygen atoms in total. The highest BCUT2D eigenvalue weighted by Crippen LogP contribution is 2.38. The molecule has 0 amide bonds. The van der Waals surface area contributed by atoms with E-state index in [-0.39, 0.29) is 0 Å². The van der Waals surface area contributed by atoms with Gasteiger partial charge in [0, 0.05) is 17.5 Å². The molecule has 0 bridgehead atoms. The van der Waals surface area contributed by atoms with Crippen molar-refractivity contribution in [3.05, 3.63) is 22.4 Å². The number of hydrogen-bond acceptors (Lipinski definition) is 2. The van der Waals surface area contributed by atoms with Crippen LogP contribution in [0.1, 0.15) is 44.9 Å². The van der Waals surface area contributed by atoms with Crippen LogP contribution in [-0.4, -0.2) is 12.6 Å². The molecule has 0 radical (unpaired) electrons. The molecule has 0 aliphatic heterocycles. The summed E-state index contributed by atoms with van der Waals surface area (Å²) in [6.45, 7) is 8.36. The first kappa shape index (κ1) is 13.1. The summed E-state index contributed by atoms with van der Waals surface area (Å²) in [7, 11) is 0. The van der Waals surface area contributed by atoms with E-state index in [0.29, 0.717) is 5.41 Å². The molecule has 1 fully saturated rings. The smallest absolute Gasteiger partial charge is 0.00748 e. The predicted molar refractivity (Wildman–Crippen MR) is 76.6 cm³/mol. The molecule has 96 valence electrons. The maximum absolute atomic E-state index is 3.75. The van der Waals surface area contributed by atoms with Gasteiger partial charge in [-0.1, -0.05) is 26.8 Å². The summed E-state index contributed by atoms with van der Waals surface area (Å²) >= 11 is 1.87. The molecule has 2 heteroatoms. The van der Waals surface area contributed by atoms with Gasteiger partial charge in [-0.15, -0.1) is 11.3 Å². The van der Waals surface area contributed by atoms with E-state index in [4.69, 9.17) is 0 Å². The van der Waals surface area contributed by atoms with E-state index in [2.05, 4.69) is 43.6 Å². The summed E-state index contributed by atoms with van der Waals surface area (Å²) in [5.41, 5.74) is 0.526. The van der Waals surface area contributed by atoms with Crippen LogP contribution in [0, 0.1) is 11.3 Å². The van der Waals surface area contributed by atoms with Crippen molar-refractivity contribution in [3.63, 3.8) is 0 Å². The largest absolute Gasteiger partial charge is 0.314 e. The van der Waals surface area contributed by atoms with E-state index in [1.165, 1.54) is 30.6 Å². The fourth-order valence-electron chi connectivity index (χ4n) is 3.36. The topological polar surface area (TPSA) is 12.0 Å². The lowest BCUT2D eigenvalue weighted by atomic mass is 9.70. The molecule has 0 spiro atoms. The molecular weight excluding hydrogens is 226 g/mol. The van der Waals surface area contributed by atoms with Gasteiger partial charge in [-0.25, -0.2) is 0 Å². The molecule has 1 aromatic heterocycles.